The maximum Gasteiger partial charge on any atom is 0.119 e. The summed E-state index contributed by atoms with van der Waals surface area (Å²) >= 11 is 7.00. The first-order valence-corrected chi connectivity index (χ1v) is 8.18. The minimum Gasteiger partial charge on any atom is -0.494 e. The first-order chi connectivity index (χ1) is 9.69. The molecule has 20 heavy (non-hydrogen) atoms. The molecule has 2 aromatic carbocycles. The minimum absolute atomic E-state index is 0.767. The van der Waals surface area contributed by atoms with Crippen molar-refractivity contribution in [3.63, 3.8) is 0 Å². The molecule has 0 saturated heterocycles. The molecule has 0 heterocycles. The largest absolute Gasteiger partial charge is 0.494 e. The van der Waals surface area contributed by atoms with Gasteiger partial charge in [0.05, 0.1) is 6.61 Å². The minimum atomic E-state index is 0.767. The Kier molecular flexibility index (Phi) is 5.92. The van der Waals surface area contributed by atoms with Gasteiger partial charge in [0.2, 0.25) is 0 Å². The van der Waals surface area contributed by atoms with Gasteiger partial charge < -0.3 is 10.1 Å². The quantitative estimate of drug-likeness (QED) is 0.682. The van der Waals surface area contributed by atoms with Crippen LogP contribution in [-0.2, 0) is 6.54 Å². The van der Waals surface area contributed by atoms with E-state index in [2.05, 4.69) is 56.2 Å². The highest BCUT2D eigenvalue weighted by atomic mass is 79.9. The van der Waals surface area contributed by atoms with Crippen molar-refractivity contribution in [1.29, 1.82) is 0 Å². The van der Waals surface area contributed by atoms with Crippen LogP contribution in [0.3, 0.4) is 0 Å². The number of halogens is 2. The zero-order valence-electron chi connectivity index (χ0n) is 11.3. The summed E-state index contributed by atoms with van der Waals surface area (Å²) in [5.74, 6) is 0.931. The predicted octanol–water partition coefficient (Wildman–Crippen LogP) is 5.61. The average molecular weight is 399 g/mol. The third-order valence-electron chi connectivity index (χ3n) is 2.81. The molecule has 4 heteroatoms. The van der Waals surface area contributed by atoms with Crippen LogP contribution in [0.4, 0.5) is 5.69 Å². The summed E-state index contributed by atoms with van der Waals surface area (Å²) in [5.41, 5.74) is 2.31. The molecule has 0 unspecified atom stereocenters. The summed E-state index contributed by atoms with van der Waals surface area (Å²) in [5, 5.41) is 3.41. The molecule has 106 valence electrons. The van der Waals surface area contributed by atoms with Gasteiger partial charge >= 0.3 is 0 Å². The van der Waals surface area contributed by atoms with Crippen molar-refractivity contribution in [3.8, 4) is 5.75 Å². The van der Waals surface area contributed by atoms with Crippen molar-refractivity contribution in [1.82, 2.24) is 0 Å². The molecule has 0 aromatic heterocycles. The molecule has 0 amide bonds. The van der Waals surface area contributed by atoms with Crippen molar-refractivity contribution >= 4 is 37.5 Å². The Morgan fingerprint density at radius 1 is 1.05 bits per heavy atom. The van der Waals surface area contributed by atoms with Gasteiger partial charge in [-0.2, -0.15) is 0 Å². The monoisotopic (exact) mass is 397 g/mol. The first-order valence-electron chi connectivity index (χ1n) is 6.59. The molecule has 1 N–H and O–H groups in total. The maximum atomic E-state index is 5.57. The smallest absolute Gasteiger partial charge is 0.119 e. The highest BCUT2D eigenvalue weighted by Crippen LogP contribution is 2.26. The van der Waals surface area contributed by atoms with Crippen LogP contribution in [-0.4, -0.2) is 6.61 Å². The standard InChI is InChI=1S/C16H17Br2NO/c1-2-9-20-14-6-3-12(4-7-14)11-19-16-8-5-13(17)10-15(16)18/h3-8,10,19H,2,9,11H2,1H3. The predicted molar refractivity (Wildman–Crippen MR) is 91.4 cm³/mol. The molecular formula is C16H17Br2NO. The van der Waals surface area contributed by atoms with Crippen LogP contribution in [0.25, 0.3) is 0 Å². The highest BCUT2D eigenvalue weighted by Gasteiger charge is 2.01. The molecular weight excluding hydrogens is 382 g/mol. The van der Waals surface area contributed by atoms with E-state index in [4.69, 9.17) is 4.74 Å². The summed E-state index contributed by atoms with van der Waals surface area (Å²) in [6.45, 7) is 3.66. The Bertz CT molecular complexity index is 555. The van der Waals surface area contributed by atoms with Gasteiger partial charge in [0.15, 0.2) is 0 Å². The molecule has 2 rings (SSSR count). The molecule has 0 atom stereocenters. The van der Waals surface area contributed by atoms with E-state index in [1.54, 1.807) is 0 Å². The van der Waals surface area contributed by atoms with Crippen LogP contribution in [0.2, 0.25) is 0 Å². The second-order valence-corrected chi connectivity index (χ2v) is 6.24. The molecule has 0 radical (unpaired) electrons. The van der Waals surface area contributed by atoms with E-state index in [0.29, 0.717) is 0 Å². The first kappa shape index (κ1) is 15.4. The van der Waals surface area contributed by atoms with Gasteiger partial charge in [-0.3, -0.25) is 0 Å². The van der Waals surface area contributed by atoms with Crippen LogP contribution >= 0.6 is 31.9 Å². The molecule has 0 bridgehead atoms. The summed E-state index contributed by atoms with van der Waals surface area (Å²) in [6, 6.07) is 14.3. The summed E-state index contributed by atoms with van der Waals surface area (Å²) < 4.78 is 7.69. The normalized spacial score (nSPS) is 10.3. The molecule has 2 aromatic rings. The van der Waals surface area contributed by atoms with Gasteiger partial charge in [-0.1, -0.05) is 35.0 Å². The molecule has 0 aliphatic rings. The summed E-state index contributed by atoms with van der Waals surface area (Å²) in [7, 11) is 0. The summed E-state index contributed by atoms with van der Waals surface area (Å²) in [4.78, 5) is 0. The highest BCUT2D eigenvalue weighted by molar-refractivity contribution is 9.11. The van der Waals surface area contributed by atoms with Crippen LogP contribution in [0.5, 0.6) is 5.75 Å². The lowest BCUT2D eigenvalue weighted by Gasteiger charge is -2.10. The number of hydrogen-bond donors (Lipinski definition) is 1. The lowest BCUT2D eigenvalue weighted by molar-refractivity contribution is 0.317. The van der Waals surface area contributed by atoms with Gasteiger partial charge in [-0.05, 0) is 58.2 Å². The number of hydrogen-bond acceptors (Lipinski definition) is 2. The molecule has 0 spiro atoms. The van der Waals surface area contributed by atoms with Gasteiger partial charge in [-0.25, -0.2) is 0 Å². The van der Waals surface area contributed by atoms with Gasteiger partial charge in [0.25, 0.3) is 0 Å². The van der Waals surface area contributed by atoms with Crippen LogP contribution < -0.4 is 10.1 Å². The average Bonchev–Trinajstić information content (AvgIpc) is 2.45. The van der Waals surface area contributed by atoms with Crippen molar-refractivity contribution in [2.45, 2.75) is 19.9 Å². The van der Waals surface area contributed by atoms with E-state index < -0.39 is 0 Å². The fourth-order valence-electron chi connectivity index (χ4n) is 1.75. The third-order valence-corrected chi connectivity index (χ3v) is 3.96. The van der Waals surface area contributed by atoms with E-state index in [1.807, 2.05) is 30.3 Å². The van der Waals surface area contributed by atoms with Crippen molar-refractivity contribution in [2.75, 3.05) is 11.9 Å². The van der Waals surface area contributed by atoms with E-state index >= 15 is 0 Å². The zero-order valence-corrected chi connectivity index (χ0v) is 14.5. The number of benzene rings is 2. The Morgan fingerprint density at radius 2 is 1.80 bits per heavy atom. The zero-order chi connectivity index (χ0) is 14.4. The van der Waals surface area contributed by atoms with Crippen molar-refractivity contribution in [2.24, 2.45) is 0 Å². The Hall–Kier alpha value is -1.000. The van der Waals surface area contributed by atoms with Crippen LogP contribution in [0, 0.1) is 0 Å². The number of nitrogens with one attached hydrogen (secondary N) is 1. The second-order valence-electron chi connectivity index (χ2n) is 4.47. The Labute approximate surface area is 136 Å². The number of anilines is 1. The molecule has 2 nitrogen and oxygen atoms in total. The summed E-state index contributed by atoms with van der Waals surface area (Å²) in [6.07, 6.45) is 1.03. The van der Waals surface area contributed by atoms with Crippen molar-refractivity contribution < 1.29 is 4.74 Å². The van der Waals surface area contributed by atoms with E-state index in [9.17, 15) is 0 Å². The Morgan fingerprint density at radius 3 is 2.45 bits per heavy atom. The van der Waals surface area contributed by atoms with E-state index in [-0.39, 0.29) is 0 Å². The molecule has 0 saturated carbocycles. The van der Waals surface area contributed by atoms with Crippen LogP contribution in [0.15, 0.2) is 51.4 Å². The van der Waals surface area contributed by atoms with Crippen LogP contribution in [0.1, 0.15) is 18.9 Å². The van der Waals surface area contributed by atoms with Crippen molar-refractivity contribution in [3.05, 3.63) is 57.0 Å². The van der Waals surface area contributed by atoms with Gasteiger partial charge in [0, 0.05) is 21.2 Å². The van der Waals surface area contributed by atoms with Gasteiger partial charge in [-0.15, -0.1) is 0 Å². The fourth-order valence-corrected chi connectivity index (χ4v) is 2.94. The van der Waals surface area contributed by atoms with Gasteiger partial charge in [0.1, 0.15) is 5.75 Å². The SMILES string of the molecule is CCCOc1ccc(CNc2ccc(Br)cc2Br)cc1. The van der Waals surface area contributed by atoms with E-state index in [0.717, 1.165) is 40.0 Å². The fraction of sp³-hybridized carbons (Fsp3) is 0.250. The lowest BCUT2D eigenvalue weighted by atomic mass is 10.2. The Balaban J connectivity index is 1.93. The lowest BCUT2D eigenvalue weighted by Crippen LogP contribution is -2.00. The van der Waals surface area contributed by atoms with E-state index in [1.165, 1.54) is 5.56 Å². The number of ether oxygens (including phenoxy) is 1. The molecule has 0 fully saturated rings. The topological polar surface area (TPSA) is 21.3 Å². The molecule has 0 aliphatic heterocycles. The molecule has 0 aliphatic carbocycles. The third kappa shape index (κ3) is 4.53. The second kappa shape index (κ2) is 7.70. The maximum absolute atomic E-state index is 5.57. The number of rotatable bonds is 6.